The fraction of sp³-hybridized carbons (Fsp3) is 0.917. The third kappa shape index (κ3) is 2.07. The standard InChI is InChI=1S/C12H22N4O/c13-10-7-14-4-3-11(10)15-5-6-16-9(8-15)1-2-12(16)17/h9-11,14H,1-8,13H2/t9-,10?,11?/m1/s1. The highest BCUT2D eigenvalue weighted by Gasteiger charge is 2.38. The highest BCUT2D eigenvalue weighted by atomic mass is 16.2. The zero-order valence-corrected chi connectivity index (χ0v) is 10.3. The third-order valence-corrected chi connectivity index (χ3v) is 4.49. The number of carbonyl (C=O) groups excluding carboxylic acids is 1. The minimum absolute atomic E-state index is 0.243. The Hall–Kier alpha value is -0.650. The molecule has 0 aromatic heterocycles. The maximum absolute atomic E-state index is 11.6. The molecule has 5 heteroatoms. The molecule has 0 spiro atoms. The summed E-state index contributed by atoms with van der Waals surface area (Å²) in [5, 5.41) is 3.34. The predicted octanol–water partition coefficient (Wildman–Crippen LogP) is -1.02. The number of hydrogen-bond donors (Lipinski definition) is 2. The molecule has 3 aliphatic rings. The molecule has 0 aromatic rings. The van der Waals surface area contributed by atoms with Crippen molar-refractivity contribution in [1.29, 1.82) is 0 Å². The maximum atomic E-state index is 11.6. The smallest absolute Gasteiger partial charge is 0.222 e. The Morgan fingerprint density at radius 2 is 2.18 bits per heavy atom. The molecule has 17 heavy (non-hydrogen) atoms. The zero-order chi connectivity index (χ0) is 11.8. The number of carbonyl (C=O) groups is 1. The van der Waals surface area contributed by atoms with Crippen LogP contribution in [0.1, 0.15) is 19.3 Å². The van der Waals surface area contributed by atoms with Gasteiger partial charge in [0.15, 0.2) is 0 Å². The van der Waals surface area contributed by atoms with Crippen molar-refractivity contribution in [3.05, 3.63) is 0 Å². The Bertz CT molecular complexity index is 309. The van der Waals surface area contributed by atoms with E-state index in [2.05, 4.69) is 15.1 Å². The topological polar surface area (TPSA) is 61.6 Å². The first-order valence-electron chi connectivity index (χ1n) is 6.75. The average Bonchev–Trinajstić information content (AvgIpc) is 2.71. The number of hydrogen-bond acceptors (Lipinski definition) is 4. The van der Waals surface area contributed by atoms with E-state index in [-0.39, 0.29) is 6.04 Å². The molecule has 2 unspecified atom stereocenters. The van der Waals surface area contributed by atoms with Crippen LogP contribution in [0.5, 0.6) is 0 Å². The normalized spacial score (nSPS) is 39.5. The highest BCUT2D eigenvalue weighted by Crippen LogP contribution is 2.25. The van der Waals surface area contributed by atoms with Crippen molar-refractivity contribution in [3.63, 3.8) is 0 Å². The van der Waals surface area contributed by atoms with Gasteiger partial charge >= 0.3 is 0 Å². The van der Waals surface area contributed by atoms with E-state index in [1.54, 1.807) is 0 Å². The summed E-state index contributed by atoms with van der Waals surface area (Å²) >= 11 is 0. The first-order valence-corrected chi connectivity index (χ1v) is 6.75. The van der Waals surface area contributed by atoms with Crippen molar-refractivity contribution < 1.29 is 4.79 Å². The van der Waals surface area contributed by atoms with Gasteiger partial charge in [-0.1, -0.05) is 0 Å². The lowest BCUT2D eigenvalue weighted by molar-refractivity contribution is -0.131. The Morgan fingerprint density at radius 1 is 1.29 bits per heavy atom. The second-order valence-corrected chi connectivity index (χ2v) is 5.50. The van der Waals surface area contributed by atoms with E-state index in [4.69, 9.17) is 5.73 Å². The lowest BCUT2D eigenvalue weighted by atomic mass is 9.98. The number of nitrogens with one attached hydrogen (secondary N) is 1. The number of fused-ring (bicyclic) bond motifs is 1. The fourth-order valence-electron chi connectivity index (χ4n) is 3.51. The molecule has 3 saturated heterocycles. The molecule has 3 N–H and O–H groups in total. The van der Waals surface area contributed by atoms with Gasteiger partial charge in [-0.2, -0.15) is 0 Å². The van der Waals surface area contributed by atoms with Gasteiger partial charge in [-0.25, -0.2) is 0 Å². The van der Waals surface area contributed by atoms with Crippen LogP contribution in [0.4, 0.5) is 0 Å². The molecule has 3 heterocycles. The van der Waals surface area contributed by atoms with Gasteiger partial charge in [-0.05, 0) is 19.4 Å². The van der Waals surface area contributed by atoms with Crippen molar-refractivity contribution >= 4 is 5.91 Å². The number of piperazine rings is 1. The SMILES string of the molecule is NC1CNCCC1N1CCN2C(=O)CC[C@@H]2C1. The van der Waals surface area contributed by atoms with Gasteiger partial charge in [0.1, 0.15) is 0 Å². The number of rotatable bonds is 1. The van der Waals surface area contributed by atoms with Gasteiger partial charge in [0.05, 0.1) is 0 Å². The van der Waals surface area contributed by atoms with Crippen LogP contribution >= 0.6 is 0 Å². The predicted molar refractivity (Wildman–Crippen MR) is 65.6 cm³/mol. The van der Waals surface area contributed by atoms with Crippen LogP contribution in [0.2, 0.25) is 0 Å². The molecule has 0 bridgehead atoms. The van der Waals surface area contributed by atoms with E-state index in [0.717, 1.165) is 52.0 Å². The number of nitrogens with two attached hydrogens (primary N) is 1. The molecular weight excluding hydrogens is 216 g/mol. The number of piperidine rings is 1. The summed E-state index contributed by atoms with van der Waals surface area (Å²) < 4.78 is 0. The van der Waals surface area contributed by atoms with Crippen LogP contribution in [0.25, 0.3) is 0 Å². The molecule has 5 nitrogen and oxygen atoms in total. The van der Waals surface area contributed by atoms with Crippen LogP contribution in [0, 0.1) is 0 Å². The summed E-state index contributed by atoms with van der Waals surface area (Å²) in [5.74, 6) is 0.351. The van der Waals surface area contributed by atoms with Crippen LogP contribution in [0.15, 0.2) is 0 Å². The van der Waals surface area contributed by atoms with Crippen LogP contribution < -0.4 is 11.1 Å². The van der Waals surface area contributed by atoms with Gasteiger partial charge in [0.25, 0.3) is 0 Å². The van der Waals surface area contributed by atoms with Crippen molar-refractivity contribution in [2.75, 3.05) is 32.7 Å². The van der Waals surface area contributed by atoms with Crippen LogP contribution in [-0.2, 0) is 4.79 Å². The minimum atomic E-state index is 0.243. The van der Waals surface area contributed by atoms with Gasteiger partial charge in [0, 0.05) is 50.7 Å². The van der Waals surface area contributed by atoms with Gasteiger partial charge in [-0.15, -0.1) is 0 Å². The van der Waals surface area contributed by atoms with Crippen molar-refractivity contribution in [2.45, 2.75) is 37.4 Å². The molecule has 3 aliphatic heterocycles. The average molecular weight is 238 g/mol. The molecular formula is C12H22N4O. The molecule has 3 atom stereocenters. The van der Waals surface area contributed by atoms with Gasteiger partial charge in [0.2, 0.25) is 5.91 Å². The highest BCUT2D eigenvalue weighted by molar-refractivity contribution is 5.78. The molecule has 1 amide bonds. The van der Waals surface area contributed by atoms with Crippen LogP contribution in [-0.4, -0.2) is 66.6 Å². The molecule has 0 aromatic carbocycles. The molecule has 0 saturated carbocycles. The van der Waals surface area contributed by atoms with Crippen molar-refractivity contribution in [2.24, 2.45) is 5.73 Å². The maximum Gasteiger partial charge on any atom is 0.222 e. The zero-order valence-electron chi connectivity index (χ0n) is 10.3. The molecule has 0 aliphatic carbocycles. The monoisotopic (exact) mass is 238 g/mol. The molecule has 0 radical (unpaired) electrons. The number of nitrogens with zero attached hydrogens (tertiary/aromatic N) is 2. The summed E-state index contributed by atoms with van der Waals surface area (Å²) in [6.45, 7) is 4.93. The summed E-state index contributed by atoms with van der Waals surface area (Å²) in [5.41, 5.74) is 6.19. The summed E-state index contributed by atoms with van der Waals surface area (Å²) in [6, 6.07) is 1.21. The third-order valence-electron chi connectivity index (χ3n) is 4.49. The fourth-order valence-corrected chi connectivity index (χ4v) is 3.51. The van der Waals surface area contributed by atoms with E-state index < -0.39 is 0 Å². The van der Waals surface area contributed by atoms with Crippen LogP contribution in [0.3, 0.4) is 0 Å². The van der Waals surface area contributed by atoms with Crippen molar-refractivity contribution in [1.82, 2.24) is 15.1 Å². The van der Waals surface area contributed by atoms with Gasteiger partial charge in [-0.3, -0.25) is 9.69 Å². The second kappa shape index (κ2) is 4.55. The second-order valence-electron chi connectivity index (χ2n) is 5.50. The molecule has 3 fully saturated rings. The van der Waals surface area contributed by atoms with E-state index in [0.29, 0.717) is 18.0 Å². The Labute approximate surface area is 102 Å². The summed E-state index contributed by atoms with van der Waals surface area (Å²) in [6.07, 6.45) is 2.92. The van der Waals surface area contributed by atoms with Crippen molar-refractivity contribution in [3.8, 4) is 0 Å². The first-order chi connectivity index (χ1) is 8.25. The van der Waals surface area contributed by atoms with E-state index in [9.17, 15) is 4.79 Å². The quantitative estimate of drug-likeness (QED) is 0.614. The summed E-state index contributed by atoms with van der Waals surface area (Å²) in [7, 11) is 0. The Kier molecular flexibility index (Phi) is 3.06. The van der Waals surface area contributed by atoms with Gasteiger partial charge < -0.3 is 16.0 Å². The largest absolute Gasteiger partial charge is 0.337 e. The van der Waals surface area contributed by atoms with E-state index in [1.165, 1.54) is 0 Å². The lowest BCUT2D eigenvalue weighted by Gasteiger charge is -2.45. The Morgan fingerprint density at radius 3 is 3.00 bits per heavy atom. The summed E-state index contributed by atoms with van der Waals surface area (Å²) in [4.78, 5) is 16.2. The van der Waals surface area contributed by atoms with E-state index in [1.807, 2.05) is 0 Å². The first kappa shape index (κ1) is 11.4. The minimum Gasteiger partial charge on any atom is -0.337 e. The lowest BCUT2D eigenvalue weighted by Crippen LogP contribution is -2.62. The van der Waals surface area contributed by atoms with E-state index >= 15 is 0 Å². The molecule has 3 rings (SSSR count). The molecule has 96 valence electrons. The number of amides is 1. The Balaban J connectivity index is 1.64.